The molecule has 0 radical (unpaired) electrons. The highest BCUT2D eigenvalue weighted by atomic mass is 35.5. The second kappa shape index (κ2) is 5.90. The molecule has 0 amide bonds. The molecule has 0 saturated carbocycles. The lowest BCUT2D eigenvalue weighted by Gasteiger charge is -2.01. The van der Waals surface area contributed by atoms with Gasteiger partial charge in [0, 0.05) is 5.56 Å². The zero-order valence-corrected chi connectivity index (χ0v) is 12.4. The number of aryl methyl sites for hydroxylation is 1. The highest BCUT2D eigenvalue weighted by Gasteiger charge is 2.19. The number of hydrogen-bond acceptors (Lipinski definition) is 3. The lowest BCUT2D eigenvalue weighted by molar-refractivity contribution is 0.0700. The number of aromatic carboxylic acids is 1. The standard InChI is InChI=1S/C13H11Cl2NO2S/c1-2-4-9-11(13(17)18)19-12(16-9)7-5-3-6-8(14)10(7)15/h3,5-6H,2,4H2,1H3,(H,17,18). The molecular formula is C13H11Cl2NO2S. The molecule has 0 spiro atoms. The van der Waals surface area contributed by atoms with E-state index in [1.165, 1.54) is 0 Å². The number of aromatic nitrogens is 1. The van der Waals surface area contributed by atoms with Crippen molar-refractivity contribution in [3.05, 3.63) is 38.8 Å². The smallest absolute Gasteiger partial charge is 0.347 e. The number of carbonyl (C=O) groups is 1. The highest BCUT2D eigenvalue weighted by Crippen LogP contribution is 2.36. The zero-order chi connectivity index (χ0) is 14.0. The Kier molecular flexibility index (Phi) is 4.45. The molecule has 6 heteroatoms. The van der Waals surface area contributed by atoms with Crippen LogP contribution in [0.1, 0.15) is 28.7 Å². The summed E-state index contributed by atoms with van der Waals surface area (Å²) in [6.45, 7) is 1.98. The van der Waals surface area contributed by atoms with Crippen molar-refractivity contribution in [1.29, 1.82) is 0 Å². The molecule has 1 heterocycles. The average molecular weight is 316 g/mol. The zero-order valence-electron chi connectivity index (χ0n) is 10.1. The fourth-order valence-corrected chi connectivity index (χ4v) is 3.14. The summed E-state index contributed by atoms with van der Waals surface area (Å²) < 4.78 is 0. The molecule has 2 rings (SSSR count). The van der Waals surface area contributed by atoms with Gasteiger partial charge in [-0.05, 0) is 12.5 Å². The van der Waals surface area contributed by atoms with Gasteiger partial charge < -0.3 is 5.11 Å². The van der Waals surface area contributed by atoms with Gasteiger partial charge in [0.2, 0.25) is 0 Å². The quantitative estimate of drug-likeness (QED) is 0.884. The van der Waals surface area contributed by atoms with Crippen LogP contribution in [-0.4, -0.2) is 16.1 Å². The van der Waals surface area contributed by atoms with Gasteiger partial charge in [-0.2, -0.15) is 0 Å². The van der Waals surface area contributed by atoms with Gasteiger partial charge in [0.25, 0.3) is 0 Å². The summed E-state index contributed by atoms with van der Waals surface area (Å²) in [5, 5.41) is 10.6. The summed E-state index contributed by atoms with van der Waals surface area (Å²) in [5.41, 5.74) is 1.27. The first kappa shape index (κ1) is 14.3. The first-order valence-corrected chi connectivity index (χ1v) is 7.29. The van der Waals surface area contributed by atoms with Crippen LogP contribution in [0, 0.1) is 0 Å². The van der Waals surface area contributed by atoms with Gasteiger partial charge in [-0.25, -0.2) is 9.78 Å². The van der Waals surface area contributed by atoms with E-state index >= 15 is 0 Å². The monoisotopic (exact) mass is 315 g/mol. The number of carboxylic acids is 1. The van der Waals surface area contributed by atoms with Crippen LogP contribution in [-0.2, 0) is 6.42 Å². The van der Waals surface area contributed by atoms with Crippen molar-refractivity contribution in [2.24, 2.45) is 0 Å². The summed E-state index contributed by atoms with van der Waals surface area (Å²) >= 11 is 13.2. The molecule has 1 aromatic carbocycles. The minimum Gasteiger partial charge on any atom is -0.477 e. The Morgan fingerprint density at radius 2 is 2.16 bits per heavy atom. The maximum atomic E-state index is 11.2. The Morgan fingerprint density at radius 1 is 1.42 bits per heavy atom. The average Bonchev–Trinajstić information content (AvgIpc) is 2.77. The van der Waals surface area contributed by atoms with Gasteiger partial charge in [0.1, 0.15) is 9.88 Å². The Morgan fingerprint density at radius 3 is 2.79 bits per heavy atom. The normalized spacial score (nSPS) is 10.7. The number of halogens is 2. The van der Waals surface area contributed by atoms with Crippen LogP contribution in [0.3, 0.4) is 0 Å². The molecule has 0 fully saturated rings. The van der Waals surface area contributed by atoms with E-state index < -0.39 is 5.97 Å². The number of thiazole rings is 1. The molecule has 2 aromatic rings. The maximum absolute atomic E-state index is 11.2. The van der Waals surface area contributed by atoms with Crippen molar-refractivity contribution in [1.82, 2.24) is 4.98 Å². The Bertz CT molecular complexity index is 625. The van der Waals surface area contributed by atoms with Crippen molar-refractivity contribution in [3.63, 3.8) is 0 Å². The van der Waals surface area contributed by atoms with Gasteiger partial charge in [0.15, 0.2) is 0 Å². The highest BCUT2D eigenvalue weighted by molar-refractivity contribution is 7.17. The first-order chi connectivity index (χ1) is 9.04. The SMILES string of the molecule is CCCc1nc(-c2cccc(Cl)c2Cl)sc1C(=O)O. The molecule has 3 nitrogen and oxygen atoms in total. The van der Waals surface area contributed by atoms with Crippen LogP contribution in [0.2, 0.25) is 10.0 Å². The minimum absolute atomic E-state index is 0.271. The fraction of sp³-hybridized carbons (Fsp3) is 0.231. The van der Waals surface area contributed by atoms with E-state index in [1.54, 1.807) is 18.2 Å². The van der Waals surface area contributed by atoms with Gasteiger partial charge >= 0.3 is 5.97 Å². The molecule has 1 N–H and O–H groups in total. The predicted molar refractivity (Wildman–Crippen MR) is 78.5 cm³/mol. The number of benzene rings is 1. The molecule has 0 aliphatic heterocycles. The molecule has 0 atom stereocenters. The molecule has 0 bridgehead atoms. The summed E-state index contributed by atoms with van der Waals surface area (Å²) in [4.78, 5) is 15.9. The van der Waals surface area contributed by atoms with E-state index in [2.05, 4.69) is 4.98 Å². The Balaban J connectivity index is 2.54. The topological polar surface area (TPSA) is 50.2 Å². The van der Waals surface area contributed by atoms with Gasteiger partial charge in [-0.1, -0.05) is 48.7 Å². The number of hydrogen-bond donors (Lipinski definition) is 1. The lowest BCUT2D eigenvalue weighted by atomic mass is 10.2. The molecular weight excluding hydrogens is 305 g/mol. The van der Waals surface area contributed by atoms with E-state index in [0.29, 0.717) is 32.7 Å². The van der Waals surface area contributed by atoms with Crippen LogP contribution in [0.25, 0.3) is 10.6 Å². The van der Waals surface area contributed by atoms with Crippen molar-refractivity contribution >= 4 is 40.5 Å². The van der Waals surface area contributed by atoms with E-state index in [1.807, 2.05) is 6.92 Å². The van der Waals surface area contributed by atoms with Crippen molar-refractivity contribution in [2.45, 2.75) is 19.8 Å². The Labute approximate surface area is 124 Å². The first-order valence-electron chi connectivity index (χ1n) is 5.72. The van der Waals surface area contributed by atoms with E-state index in [9.17, 15) is 9.90 Å². The summed E-state index contributed by atoms with van der Waals surface area (Å²) in [6, 6.07) is 5.24. The van der Waals surface area contributed by atoms with E-state index in [-0.39, 0.29) is 4.88 Å². The lowest BCUT2D eigenvalue weighted by Crippen LogP contribution is -1.98. The summed E-state index contributed by atoms with van der Waals surface area (Å²) in [6.07, 6.45) is 1.48. The van der Waals surface area contributed by atoms with Crippen LogP contribution in [0.4, 0.5) is 0 Å². The van der Waals surface area contributed by atoms with Crippen LogP contribution < -0.4 is 0 Å². The Hall–Kier alpha value is -1.10. The summed E-state index contributed by atoms with van der Waals surface area (Å²) in [7, 11) is 0. The molecule has 1 aromatic heterocycles. The number of rotatable bonds is 4. The maximum Gasteiger partial charge on any atom is 0.347 e. The molecule has 0 unspecified atom stereocenters. The molecule has 0 saturated heterocycles. The van der Waals surface area contributed by atoms with Crippen molar-refractivity contribution in [2.75, 3.05) is 0 Å². The third-order valence-electron chi connectivity index (χ3n) is 2.56. The summed E-state index contributed by atoms with van der Waals surface area (Å²) in [5.74, 6) is -0.953. The predicted octanol–water partition coefficient (Wildman–Crippen LogP) is 4.77. The molecule has 0 aliphatic carbocycles. The van der Waals surface area contributed by atoms with Crippen molar-refractivity contribution in [3.8, 4) is 10.6 Å². The molecule has 100 valence electrons. The third kappa shape index (κ3) is 2.91. The van der Waals surface area contributed by atoms with Crippen LogP contribution in [0.15, 0.2) is 18.2 Å². The van der Waals surface area contributed by atoms with Crippen LogP contribution in [0.5, 0.6) is 0 Å². The number of nitrogens with zero attached hydrogens (tertiary/aromatic N) is 1. The number of carboxylic acid groups (broad SMARTS) is 1. The molecule has 0 aliphatic rings. The van der Waals surface area contributed by atoms with E-state index in [4.69, 9.17) is 23.2 Å². The second-order valence-electron chi connectivity index (χ2n) is 3.95. The largest absolute Gasteiger partial charge is 0.477 e. The second-order valence-corrected chi connectivity index (χ2v) is 5.74. The van der Waals surface area contributed by atoms with Crippen LogP contribution >= 0.6 is 34.5 Å². The fourth-order valence-electron chi connectivity index (χ4n) is 1.71. The third-order valence-corrected chi connectivity index (χ3v) is 4.50. The van der Waals surface area contributed by atoms with Gasteiger partial charge in [0.05, 0.1) is 15.7 Å². The van der Waals surface area contributed by atoms with Crippen molar-refractivity contribution < 1.29 is 9.90 Å². The minimum atomic E-state index is -0.953. The van der Waals surface area contributed by atoms with Gasteiger partial charge in [-0.3, -0.25) is 0 Å². The molecule has 19 heavy (non-hydrogen) atoms. The van der Waals surface area contributed by atoms with Gasteiger partial charge in [-0.15, -0.1) is 11.3 Å². The van der Waals surface area contributed by atoms with E-state index in [0.717, 1.165) is 17.8 Å².